The van der Waals surface area contributed by atoms with E-state index < -0.39 is 0 Å². The summed E-state index contributed by atoms with van der Waals surface area (Å²) in [4.78, 5) is 0. The van der Waals surface area contributed by atoms with E-state index in [0.717, 1.165) is 17.8 Å². The molecule has 0 heterocycles. The van der Waals surface area contributed by atoms with E-state index in [2.05, 4.69) is 16.8 Å². The Morgan fingerprint density at radius 3 is 2.00 bits per heavy atom. The molecule has 0 fully saturated rings. The number of azo groups is 1. The number of rotatable bonds is 4. The van der Waals surface area contributed by atoms with Gasteiger partial charge in [-0.25, -0.2) is 0 Å². The van der Waals surface area contributed by atoms with Gasteiger partial charge in [0.15, 0.2) is 0 Å². The molecule has 2 nitrogen and oxygen atoms in total. The lowest BCUT2D eigenvalue weighted by atomic mass is 10.1. The van der Waals surface area contributed by atoms with Gasteiger partial charge in [0.2, 0.25) is 0 Å². The van der Waals surface area contributed by atoms with E-state index in [1.54, 1.807) is 0 Å². The van der Waals surface area contributed by atoms with Crippen LogP contribution >= 0.6 is 0 Å². The van der Waals surface area contributed by atoms with Crippen LogP contribution in [0.15, 0.2) is 77.5 Å². The van der Waals surface area contributed by atoms with E-state index in [-0.39, 0.29) is 0 Å². The van der Waals surface area contributed by atoms with Gasteiger partial charge in [-0.3, -0.25) is 0 Å². The van der Waals surface area contributed by atoms with E-state index in [1.807, 2.05) is 60.7 Å². The van der Waals surface area contributed by atoms with Crippen molar-refractivity contribution in [1.82, 2.24) is 0 Å². The van der Waals surface area contributed by atoms with Gasteiger partial charge in [-0.05, 0) is 36.2 Å². The van der Waals surface area contributed by atoms with Crippen LogP contribution in [0.25, 0.3) is 0 Å². The summed E-state index contributed by atoms with van der Waals surface area (Å²) in [5.74, 6) is 0. The molecule has 2 rings (SSSR count). The first kappa shape index (κ1) is 11.3. The van der Waals surface area contributed by atoms with Gasteiger partial charge in [0.1, 0.15) is 0 Å². The molecule has 0 aliphatic carbocycles. The van der Waals surface area contributed by atoms with Crippen molar-refractivity contribution in [3.05, 3.63) is 72.8 Å². The van der Waals surface area contributed by atoms with Crippen molar-refractivity contribution in [3.8, 4) is 0 Å². The first-order chi connectivity index (χ1) is 8.38. The Morgan fingerprint density at radius 1 is 0.824 bits per heavy atom. The molecule has 0 radical (unpaired) electrons. The lowest BCUT2D eigenvalue weighted by Gasteiger charge is -1.96. The summed E-state index contributed by atoms with van der Waals surface area (Å²) < 4.78 is 0. The molecule has 0 aromatic heterocycles. The summed E-state index contributed by atoms with van der Waals surface area (Å²) in [5.41, 5.74) is 2.96. The molecule has 0 spiro atoms. The number of benzene rings is 2. The minimum Gasteiger partial charge on any atom is -0.151 e. The van der Waals surface area contributed by atoms with E-state index >= 15 is 0 Å². The zero-order chi connectivity index (χ0) is 11.9. The number of nitrogens with zero attached hydrogens (tertiary/aromatic N) is 2. The summed E-state index contributed by atoms with van der Waals surface area (Å²) in [7, 11) is 0. The van der Waals surface area contributed by atoms with Crippen LogP contribution < -0.4 is 0 Å². The molecule has 84 valence electrons. The predicted octanol–water partition coefficient (Wildman–Crippen LogP) is 4.83. The Morgan fingerprint density at radius 2 is 1.41 bits per heavy atom. The fraction of sp³-hybridized carbons (Fsp3) is 0.0667. The van der Waals surface area contributed by atoms with E-state index in [1.165, 1.54) is 5.56 Å². The van der Waals surface area contributed by atoms with Crippen molar-refractivity contribution in [1.29, 1.82) is 0 Å². The van der Waals surface area contributed by atoms with Crippen LogP contribution in [0.5, 0.6) is 0 Å². The Bertz CT molecular complexity index is 498. The number of hydrogen-bond donors (Lipinski definition) is 0. The van der Waals surface area contributed by atoms with Crippen LogP contribution in [0.2, 0.25) is 0 Å². The Labute approximate surface area is 101 Å². The molecule has 0 unspecified atom stereocenters. The highest BCUT2D eigenvalue weighted by Gasteiger charge is 1.91. The second kappa shape index (κ2) is 5.75. The maximum atomic E-state index is 4.18. The zero-order valence-electron chi connectivity index (χ0n) is 9.58. The maximum Gasteiger partial charge on any atom is 0.0857 e. The summed E-state index contributed by atoms with van der Waals surface area (Å²) in [6, 6.07) is 17.7. The van der Waals surface area contributed by atoms with Gasteiger partial charge in [0.25, 0.3) is 0 Å². The largest absolute Gasteiger partial charge is 0.151 e. The van der Waals surface area contributed by atoms with Crippen LogP contribution in [-0.2, 0) is 6.42 Å². The van der Waals surface area contributed by atoms with Crippen molar-refractivity contribution in [3.63, 3.8) is 0 Å². The summed E-state index contributed by atoms with van der Waals surface area (Å²) in [5, 5.41) is 8.33. The highest BCUT2D eigenvalue weighted by atomic mass is 15.1. The standard InChI is InChI=1S/C15H14N2/c1-2-6-13-9-11-15(12-10-13)17-16-14-7-4-3-5-8-14/h2-5,7-12H,1,6H2/b17-16+. The second-order valence-electron chi connectivity index (χ2n) is 3.69. The van der Waals surface area contributed by atoms with Gasteiger partial charge >= 0.3 is 0 Å². The van der Waals surface area contributed by atoms with Crippen molar-refractivity contribution in [2.75, 3.05) is 0 Å². The summed E-state index contributed by atoms with van der Waals surface area (Å²) >= 11 is 0. The molecule has 2 heteroatoms. The molecule has 0 bridgehead atoms. The van der Waals surface area contributed by atoms with Gasteiger partial charge in [0, 0.05) is 0 Å². The molecule has 17 heavy (non-hydrogen) atoms. The molecule has 0 aliphatic rings. The molecule has 0 N–H and O–H groups in total. The van der Waals surface area contributed by atoms with Gasteiger partial charge in [-0.1, -0.05) is 36.4 Å². The summed E-state index contributed by atoms with van der Waals surface area (Å²) in [6.07, 6.45) is 2.77. The number of allylic oxidation sites excluding steroid dienone is 1. The molecular formula is C15H14N2. The average Bonchev–Trinajstić information content (AvgIpc) is 2.40. The Balaban J connectivity index is 2.08. The van der Waals surface area contributed by atoms with Crippen molar-refractivity contribution in [2.24, 2.45) is 10.2 Å². The van der Waals surface area contributed by atoms with E-state index in [9.17, 15) is 0 Å². The third-order valence-electron chi connectivity index (χ3n) is 2.35. The van der Waals surface area contributed by atoms with Crippen LogP contribution in [0.3, 0.4) is 0 Å². The van der Waals surface area contributed by atoms with Crippen LogP contribution in [0.1, 0.15) is 5.56 Å². The summed E-state index contributed by atoms with van der Waals surface area (Å²) in [6.45, 7) is 3.71. The van der Waals surface area contributed by atoms with Crippen LogP contribution in [0.4, 0.5) is 11.4 Å². The predicted molar refractivity (Wildman–Crippen MR) is 71.0 cm³/mol. The molecule has 0 saturated carbocycles. The molecule has 2 aromatic carbocycles. The van der Waals surface area contributed by atoms with Gasteiger partial charge in [-0.2, -0.15) is 10.2 Å². The van der Waals surface area contributed by atoms with E-state index in [4.69, 9.17) is 0 Å². The lowest BCUT2D eigenvalue weighted by molar-refractivity contribution is 1.21. The number of hydrogen-bond acceptors (Lipinski definition) is 2. The molecule has 0 amide bonds. The highest BCUT2D eigenvalue weighted by molar-refractivity contribution is 5.41. The molecular weight excluding hydrogens is 208 g/mol. The minimum atomic E-state index is 0.863. The first-order valence-electron chi connectivity index (χ1n) is 5.55. The minimum absolute atomic E-state index is 0.863. The third-order valence-corrected chi connectivity index (χ3v) is 2.35. The molecule has 0 aliphatic heterocycles. The Kier molecular flexibility index (Phi) is 3.81. The fourth-order valence-corrected chi connectivity index (χ4v) is 1.48. The first-order valence-corrected chi connectivity index (χ1v) is 5.55. The Hall–Kier alpha value is -2.22. The van der Waals surface area contributed by atoms with Gasteiger partial charge in [0.05, 0.1) is 11.4 Å². The SMILES string of the molecule is C=CCc1ccc(/N=N/c2ccccc2)cc1. The monoisotopic (exact) mass is 222 g/mol. The fourth-order valence-electron chi connectivity index (χ4n) is 1.48. The third kappa shape index (κ3) is 3.38. The van der Waals surface area contributed by atoms with Crippen molar-refractivity contribution >= 4 is 11.4 Å². The average molecular weight is 222 g/mol. The van der Waals surface area contributed by atoms with E-state index in [0.29, 0.717) is 0 Å². The quantitative estimate of drug-likeness (QED) is 0.523. The molecule has 0 saturated heterocycles. The van der Waals surface area contributed by atoms with Gasteiger partial charge < -0.3 is 0 Å². The molecule has 0 atom stereocenters. The topological polar surface area (TPSA) is 24.7 Å². The lowest BCUT2D eigenvalue weighted by Crippen LogP contribution is -1.77. The normalized spacial score (nSPS) is 10.6. The second-order valence-corrected chi connectivity index (χ2v) is 3.69. The van der Waals surface area contributed by atoms with Gasteiger partial charge in [-0.15, -0.1) is 6.58 Å². The smallest absolute Gasteiger partial charge is 0.0857 e. The van der Waals surface area contributed by atoms with Crippen LogP contribution in [-0.4, -0.2) is 0 Å². The van der Waals surface area contributed by atoms with Crippen molar-refractivity contribution < 1.29 is 0 Å². The highest BCUT2D eigenvalue weighted by Crippen LogP contribution is 2.18. The molecule has 2 aromatic rings. The van der Waals surface area contributed by atoms with Crippen LogP contribution in [0, 0.1) is 0 Å². The van der Waals surface area contributed by atoms with Crippen molar-refractivity contribution in [2.45, 2.75) is 6.42 Å². The maximum absolute atomic E-state index is 4.18. The zero-order valence-corrected chi connectivity index (χ0v) is 9.58.